The molecule has 5 aromatic carbocycles. The highest BCUT2D eigenvalue weighted by atomic mass is 32.1. The number of nitrogens with zero attached hydrogens (tertiary/aromatic N) is 2. The Hall–Kier alpha value is -4.02. The number of aromatic nitrogens is 1. The van der Waals surface area contributed by atoms with Crippen LogP contribution in [0, 0.1) is 0 Å². The molecule has 2 nitrogen and oxygen atoms in total. The first-order valence-corrected chi connectivity index (χ1v) is 16.4. The van der Waals surface area contributed by atoms with Crippen LogP contribution in [0.25, 0.3) is 53.1 Å². The summed E-state index contributed by atoms with van der Waals surface area (Å²) < 4.78 is 5.57. The molecule has 11 rings (SSSR count). The van der Waals surface area contributed by atoms with E-state index in [9.17, 15) is 0 Å². The van der Waals surface area contributed by atoms with Crippen LogP contribution < -0.4 is 15.8 Å². The minimum absolute atomic E-state index is 0.0538. The third kappa shape index (κ3) is 2.25. The van der Waals surface area contributed by atoms with E-state index in [4.69, 9.17) is 0 Å². The first kappa shape index (κ1) is 22.6. The van der Waals surface area contributed by atoms with E-state index in [-0.39, 0.29) is 17.8 Å². The molecule has 5 heterocycles. The molecule has 0 radical (unpaired) electrons. The molecule has 4 heteroatoms. The second-order valence-corrected chi connectivity index (χ2v) is 14.6. The molecular formula is C38H29BN2S. The number of para-hydroxylation sites is 2. The van der Waals surface area contributed by atoms with Crippen molar-refractivity contribution in [1.82, 2.24) is 4.48 Å². The van der Waals surface area contributed by atoms with Crippen LogP contribution in [0.2, 0.25) is 0 Å². The highest BCUT2D eigenvalue weighted by Gasteiger charge is 2.61. The molecule has 2 aromatic heterocycles. The van der Waals surface area contributed by atoms with Crippen molar-refractivity contribution >= 4 is 82.5 Å². The zero-order valence-electron chi connectivity index (χ0n) is 23.9. The summed E-state index contributed by atoms with van der Waals surface area (Å²) in [6.45, 7) is 5.29. The van der Waals surface area contributed by atoms with Crippen LogP contribution in [0.4, 0.5) is 11.4 Å². The van der Waals surface area contributed by atoms with Gasteiger partial charge in [-0.1, -0.05) is 98.6 Å². The Balaban J connectivity index is 1.41. The first-order chi connectivity index (χ1) is 20.6. The number of hydrogen-bond donors (Lipinski definition) is 0. The van der Waals surface area contributed by atoms with Crippen LogP contribution in [0.3, 0.4) is 0 Å². The monoisotopic (exact) mass is 556 g/mol. The second kappa shape index (κ2) is 7.13. The molecule has 0 saturated heterocycles. The Morgan fingerprint density at radius 2 is 1.55 bits per heavy atom. The lowest BCUT2D eigenvalue weighted by molar-refractivity contribution is 0.195. The van der Waals surface area contributed by atoms with Crippen molar-refractivity contribution < 1.29 is 0 Å². The van der Waals surface area contributed by atoms with Gasteiger partial charge in [0.2, 0.25) is 0 Å². The van der Waals surface area contributed by atoms with Gasteiger partial charge in [-0.25, -0.2) is 0 Å². The van der Waals surface area contributed by atoms with Gasteiger partial charge < -0.3 is 9.38 Å². The molecule has 2 atom stereocenters. The highest BCUT2D eigenvalue weighted by molar-refractivity contribution is 7.27. The van der Waals surface area contributed by atoms with Gasteiger partial charge in [0.05, 0.1) is 15.8 Å². The minimum atomic E-state index is 0.0538. The lowest BCUT2D eigenvalue weighted by atomic mass is 9.44. The Bertz CT molecular complexity index is 2380. The number of hydrogen-bond acceptors (Lipinski definition) is 2. The fraction of sp³-hybridized carbons (Fsp3) is 0.211. The topological polar surface area (TPSA) is 8.17 Å². The van der Waals surface area contributed by atoms with Crippen LogP contribution in [-0.2, 0) is 5.41 Å². The standard InChI is InChI=1S/C38H29BN2S/c1-37-19-7-8-20-38(37,2)40-29-21-22-11-3-4-12-23(22)31-25-14-9-15-26-33(25)41(34-24-13-5-6-18-30(24)42-36(26)34)39(32(29)31)28-17-10-16-27(37)35(28)40/h3-6,9-18,21H,7-8,19-20H2,1-2H3. The van der Waals surface area contributed by atoms with E-state index in [2.05, 4.69) is 114 Å². The van der Waals surface area contributed by atoms with E-state index in [1.807, 2.05) is 11.3 Å². The maximum Gasteiger partial charge on any atom is 0.333 e. The summed E-state index contributed by atoms with van der Waals surface area (Å²) in [5.74, 6) is 0. The third-order valence-corrected chi connectivity index (χ3v) is 13.1. The summed E-state index contributed by atoms with van der Waals surface area (Å²) >= 11 is 1.96. The minimum Gasteiger partial charge on any atom is -0.374 e. The number of anilines is 2. The molecule has 2 unspecified atom stereocenters. The van der Waals surface area contributed by atoms with Crippen LogP contribution in [0.1, 0.15) is 45.1 Å². The molecule has 0 bridgehead atoms. The van der Waals surface area contributed by atoms with Crippen molar-refractivity contribution in [2.45, 2.75) is 50.5 Å². The average molecular weight is 557 g/mol. The van der Waals surface area contributed by atoms with Gasteiger partial charge in [-0.05, 0) is 64.7 Å². The second-order valence-electron chi connectivity index (χ2n) is 13.5. The van der Waals surface area contributed by atoms with E-state index >= 15 is 0 Å². The number of fused-ring (bicyclic) bond motifs is 14. The van der Waals surface area contributed by atoms with Gasteiger partial charge in [0.15, 0.2) is 0 Å². The molecule has 0 amide bonds. The maximum atomic E-state index is 2.84. The molecule has 42 heavy (non-hydrogen) atoms. The smallest absolute Gasteiger partial charge is 0.333 e. The van der Waals surface area contributed by atoms with E-state index in [0.29, 0.717) is 0 Å². The summed E-state index contributed by atoms with van der Waals surface area (Å²) in [6, 6.07) is 35.1. The van der Waals surface area contributed by atoms with Crippen molar-refractivity contribution in [3.8, 4) is 11.1 Å². The number of rotatable bonds is 0. The Kier molecular flexibility index (Phi) is 3.83. The summed E-state index contributed by atoms with van der Waals surface area (Å²) in [6.07, 6.45) is 5.10. The summed E-state index contributed by atoms with van der Waals surface area (Å²) in [4.78, 5) is 2.84. The molecule has 0 N–H and O–H groups in total. The average Bonchev–Trinajstić information content (AvgIpc) is 3.62. The molecule has 1 fully saturated rings. The largest absolute Gasteiger partial charge is 0.374 e. The molecule has 4 aliphatic rings. The van der Waals surface area contributed by atoms with E-state index < -0.39 is 0 Å². The Morgan fingerprint density at radius 3 is 2.48 bits per heavy atom. The van der Waals surface area contributed by atoms with Gasteiger partial charge in [0, 0.05) is 43.3 Å². The molecule has 7 aromatic rings. The summed E-state index contributed by atoms with van der Waals surface area (Å²) in [5, 5.41) is 5.51. The fourth-order valence-electron chi connectivity index (χ4n) is 9.92. The SMILES string of the molecule is CC12CCCCC1(C)N1c3cc4ccccc4c4c3B(c3cccc2c31)n1c2c-4cccc2c2sc3ccccc3c21. The Morgan fingerprint density at radius 1 is 0.762 bits per heavy atom. The van der Waals surface area contributed by atoms with Crippen molar-refractivity contribution in [2.24, 2.45) is 0 Å². The molecule has 0 spiro atoms. The van der Waals surface area contributed by atoms with Crippen molar-refractivity contribution in [3.63, 3.8) is 0 Å². The first-order valence-electron chi connectivity index (χ1n) is 15.5. The quantitative estimate of drug-likeness (QED) is 0.169. The molecule has 200 valence electrons. The fourth-order valence-corrected chi connectivity index (χ4v) is 11.1. The molecule has 3 aliphatic heterocycles. The Labute approximate surface area is 249 Å². The van der Waals surface area contributed by atoms with Crippen molar-refractivity contribution in [1.29, 1.82) is 0 Å². The lowest BCUT2D eigenvalue weighted by Gasteiger charge is -2.52. The van der Waals surface area contributed by atoms with Gasteiger partial charge in [-0.3, -0.25) is 0 Å². The summed E-state index contributed by atoms with van der Waals surface area (Å²) in [5.41, 5.74) is 13.3. The zero-order valence-corrected chi connectivity index (χ0v) is 24.7. The van der Waals surface area contributed by atoms with E-state index in [1.165, 1.54) is 101 Å². The van der Waals surface area contributed by atoms with Gasteiger partial charge in [0.1, 0.15) is 0 Å². The maximum absolute atomic E-state index is 2.84. The van der Waals surface area contributed by atoms with Gasteiger partial charge in [0.25, 0.3) is 0 Å². The third-order valence-electron chi connectivity index (χ3n) is 11.9. The van der Waals surface area contributed by atoms with Crippen molar-refractivity contribution in [3.05, 3.63) is 96.6 Å². The van der Waals surface area contributed by atoms with Crippen LogP contribution >= 0.6 is 11.3 Å². The molecule has 1 saturated carbocycles. The van der Waals surface area contributed by atoms with E-state index in [0.717, 1.165) is 0 Å². The number of benzene rings is 5. The lowest BCUT2D eigenvalue weighted by Crippen LogP contribution is -2.61. The number of thiophene rings is 1. The van der Waals surface area contributed by atoms with Crippen LogP contribution in [0.5, 0.6) is 0 Å². The molecule has 1 aliphatic carbocycles. The zero-order chi connectivity index (χ0) is 27.5. The highest BCUT2D eigenvalue weighted by Crippen LogP contribution is 2.62. The van der Waals surface area contributed by atoms with Gasteiger partial charge in [-0.15, -0.1) is 11.3 Å². The molecular weight excluding hydrogens is 527 g/mol. The normalized spacial score (nSPS) is 23.2. The summed E-state index contributed by atoms with van der Waals surface area (Å²) in [7, 11) is 0. The van der Waals surface area contributed by atoms with Gasteiger partial charge in [-0.2, -0.15) is 0 Å². The van der Waals surface area contributed by atoms with Crippen LogP contribution in [0.15, 0.2) is 91.0 Å². The van der Waals surface area contributed by atoms with E-state index in [1.54, 1.807) is 5.56 Å². The van der Waals surface area contributed by atoms with Gasteiger partial charge >= 0.3 is 6.85 Å². The van der Waals surface area contributed by atoms with Crippen molar-refractivity contribution in [2.75, 3.05) is 4.90 Å². The predicted octanol–water partition coefficient (Wildman–Crippen LogP) is 8.85. The predicted molar refractivity (Wildman–Crippen MR) is 181 cm³/mol. The van der Waals surface area contributed by atoms with Crippen LogP contribution in [-0.4, -0.2) is 16.9 Å².